The summed E-state index contributed by atoms with van der Waals surface area (Å²) < 4.78 is 0. The summed E-state index contributed by atoms with van der Waals surface area (Å²) in [5.74, 6) is 1.56. The normalized spacial score (nSPS) is 53.8. The number of piperidine rings is 1. The van der Waals surface area contributed by atoms with Crippen LogP contribution >= 0.6 is 0 Å². The van der Waals surface area contributed by atoms with E-state index in [0.717, 1.165) is 38.5 Å². The first-order valence-electron chi connectivity index (χ1n) is 9.13. The third kappa shape index (κ3) is 1.88. The third-order valence-electron chi connectivity index (χ3n) is 7.51. The zero-order valence-corrected chi connectivity index (χ0v) is 13.4. The molecule has 0 radical (unpaired) electrons. The van der Waals surface area contributed by atoms with E-state index in [9.17, 15) is 15.2 Å². The molecule has 0 aromatic heterocycles. The second-order valence-corrected chi connectivity index (χ2v) is 9.21. The van der Waals surface area contributed by atoms with Gasteiger partial charge in [0.1, 0.15) is 6.04 Å². The number of carbonyl (C=O) groups excluding carboxylic acids is 1. The zero-order chi connectivity index (χ0) is 16.0. The molecule has 6 atom stereocenters. The van der Waals surface area contributed by atoms with Gasteiger partial charge in [0.05, 0.1) is 17.7 Å². The monoisotopic (exact) mass is 315 g/mol. The highest BCUT2D eigenvalue weighted by Crippen LogP contribution is 2.63. The van der Waals surface area contributed by atoms with E-state index < -0.39 is 11.6 Å². The Balaban J connectivity index is 1.43. The van der Waals surface area contributed by atoms with Gasteiger partial charge in [0.2, 0.25) is 5.91 Å². The molecular weight excluding hydrogens is 290 g/mol. The van der Waals surface area contributed by atoms with E-state index in [0.29, 0.717) is 24.2 Å². The quantitative estimate of drug-likeness (QED) is 0.800. The lowest BCUT2D eigenvalue weighted by Crippen LogP contribution is -2.64. The third-order valence-corrected chi connectivity index (χ3v) is 7.51. The first-order valence-corrected chi connectivity index (χ1v) is 9.13. The first-order chi connectivity index (χ1) is 10.9. The average molecular weight is 315 g/mol. The van der Waals surface area contributed by atoms with Crippen molar-refractivity contribution in [1.29, 1.82) is 5.26 Å². The molecule has 5 saturated carbocycles. The van der Waals surface area contributed by atoms with Gasteiger partial charge in [-0.05, 0) is 74.5 Å². The molecule has 1 saturated heterocycles. The Morgan fingerprint density at radius 1 is 1.22 bits per heavy atom. The summed E-state index contributed by atoms with van der Waals surface area (Å²) in [4.78, 5) is 14.9. The Morgan fingerprint density at radius 3 is 2.52 bits per heavy atom. The summed E-state index contributed by atoms with van der Waals surface area (Å²) >= 11 is 0. The Hall–Kier alpha value is -1.12. The van der Waals surface area contributed by atoms with Gasteiger partial charge in [0, 0.05) is 6.04 Å². The van der Waals surface area contributed by atoms with Gasteiger partial charge in [0.25, 0.3) is 0 Å². The van der Waals surface area contributed by atoms with Gasteiger partial charge in [-0.3, -0.25) is 4.79 Å². The fraction of sp³-hybridized carbons (Fsp3) is 0.889. The van der Waals surface area contributed by atoms with E-state index >= 15 is 0 Å². The minimum absolute atomic E-state index is 0.0212. The molecule has 1 heterocycles. The summed E-state index contributed by atoms with van der Waals surface area (Å²) in [6.07, 6.45) is 7.48. The van der Waals surface area contributed by atoms with Gasteiger partial charge >= 0.3 is 0 Å². The number of nitriles is 1. The topological polar surface area (TPSA) is 90.4 Å². The van der Waals surface area contributed by atoms with Crippen molar-refractivity contribution in [2.75, 3.05) is 0 Å². The predicted octanol–water partition coefficient (Wildman–Crippen LogP) is 1.16. The maximum atomic E-state index is 13.1. The molecule has 0 aromatic rings. The summed E-state index contributed by atoms with van der Waals surface area (Å²) in [7, 11) is 0. The standard InChI is InChI=1S/C18H25N3O2/c19-8-13-2-12-3-14(12)21(13)16(22)15(20)17-4-10-1-11(5-17)7-18(23,6-10)9-17/h10-15,23H,1-7,9,20H2/t10-,11-,12+,13-,14-,15+,17?,18?/m0/s1. The molecule has 124 valence electrons. The fourth-order valence-electron chi connectivity index (χ4n) is 6.96. The van der Waals surface area contributed by atoms with E-state index in [1.54, 1.807) is 4.90 Å². The molecule has 6 aliphatic rings. The molecule has 5 heteroatoms. The number of aliphatic hydroxyl groups is 1. The lowest BCUT2D eigenvalue weighted by Gasteiger charge is -2.61. The maximum Gasteiger partial charge on any atom is 0.241 e. The number of hydrogen-bond donors (Lipinski definition) is 2. The largest absolute Gasteiger partial charge is 0.390 e. The molecule has 0 spiro atoms. The van der Waals surface area contributed by atoms with Crippen molar-refractivity contribution >= 4 is 5.91 Å². The van der Waals surface area contributed by atoms with E-state index in [4.69, 9.17) is 5.73 Å². The molecule has 1 aliphatic heterocycles. The van der Waals surface area contributed by atoms with Crippen LogP contribution in [0.25, 0.3) is 0 Å². The van der Waals surface area contributed by atoms with Crippen LogP contribution in [0.1, 0.15) is 51.4 Å². The van der Waals surface area contributed by atoms with E-state index in [2.05, 4.69) is 6.07 Å². The Bertz CT molecular complexity index is 598. The summed E-state index contributed by atoms with van der Waals surface area (Å²) in [6, 6.07) is 1.72. The molecule has 0 aromatic carbocycles. The smallest absolute Gasteiger partial charge is 0.241 e. The molecule has 5 aliphatic carbocycles. The maximum absolute atomic E-state index is 13.1. The number of nitrogens with zero attached hydrogens (tertiary/aromatic N) is 2. The Labute approximate surface area is 136 Å². The van der Waals surface area contributed by atoms with Crippen molar-refractivity contribution in [3.05, 3.63) is 0 Å². The minimum atomic E-state index is -0.594. The highest BCUT2D eigenvalue weighted by Gasteiger charge is 2.62. The number of rotatable bonds is 2. The molecular formula is C18H25N3O2. The van der Waals surface area contributed by atoms with Crippen LogP contribution in [0.5, 0.6) is 0 Å². The lowest BCUT2D eigenvalue weighted by molar-refractivity contribution is -0.177. The molecule has 6 fully saturated rings. The van der Waals surface area contributed by atoms with Crippen LogP contribution in [-0.2, 0) is 4.79 Å². The van der Waals surface area contributed by atoms with Crippen LogP contribution in [0, 0.1) is 34.5 Å². The number of hydrogen-bond acceptors (Lipinski definition) is 4. The second-order valence-electron chi connectivity index (χ2n) is 9.21. The van der Waals surface area contributed by atoms with E-state index in [-0.39, 0.29) is 23.4 Å². The van der Waals surface area contributed by atoms with Crippen LogP contribution in [0.15, 0.2) is 0 Å². The van der Waals surface area contributed by atoms with Crippen molar-refractivity contribution in [1.82, 2.24) is 4.90 Å². The SMILES string of the molecule is N#C[C@@H]1C[C@@H]2C[C@@H]2N1C(=O)[C@@H](N)C12C[C@@H]3C[C@H](CC(O)(C3)C1)C2. The molecule has 0 unspecified atom stereocenters. The van der Waals surface area contributed by atoms with Gasteiger partial charge in [-0.1, -0.05) is 0 Å². The van der Waals surface area contributed by atoms with Crippen LogP contribution in [-0.4, -0.2) is 39.6 Å². The number of amides is 1. The summed E-state index contributed by atoms with van der Waals surface area (Å²) in [5.41, 5.74) is 5.71. The van der Waals surface area contributed by atoms with Crippen LogP contribution in [0.2, 0.25) is 0 Å². The average Bonchev–Trinajstić information content (AvgIpc) is 3.14. The van der Waals surface area contributed by atoms with Crippen molar-refractivity contribution < 1.29 is 9.90 Å². The summed E-state index contributed by atoms with van der Waals surface area (Å²) in [6.45, 7) is 0. The summed E-state index contributed by atoms with van der Waals surface area (Å²) in [5, 5.41) is 20.2. The highest BCUT2D eigenvalue weighted by atomic mass is 16.3. The molecule has 3 N–H and O–H groups in total. The molecule has 4 bridgehead atoms. The molecule has 1 amide bonds. The zero-order valence-electron chi connectivity index (χ0n) is 13.4. The Morgan fingerprint density at radius 2 is 1.91 bits per heavy atom. The van der Waals surface area contributed by atoms with Crippen molar-refractivity contribution in [2.24, 2.45) is 28.9 Å². The van der Waals surface area contributed by atoms with E-state index in [1.165, 1.54) is 6.42 Å². The number of fused-ring (bicyclic) bond motifs is 1. The van der Waals surface area contributed by atoms with Crippen LogP contribution in [0.3, 0.4) is 0 Å². The fourth-order valence-corrected chi connectivity index (χ4v) is 6.96. The molecule has 6 rings (SSSR count). The number of nitrogens with two attached hydrogens (primary N) is 1. The molecule has 23 heavy (non-hydrogen) atoms. The van der Waals surface area contributed by atoms with Crippen LogP contribution in [0.4, 0.5) is 0 Å². The van der Waals surface area contributed by atoms with Gasteiger partial charge in [-0.15, -0.1) is 0 Å². The molecule has 5 nitrogen and oxygen atoms in total. The van der Waals surface area contributed by atoms with Crippen molar-refractivity contribution in [3.8, 4) is 6.07 Å². The minimum Gasteiger partial charge on any atom is -0.390 e. The van der Waals surface area contributed by atoms with Crippen molar-refractivity contribution in [2.45, 2.75) is 75.1 Å². The van der Waals surface area contributed by atoms with E-state index in [1.807, 2.05) is 0 Å². The predicted molar refractivity (Wildman–Crippen MR) is 82.8 cm³/mol. The number of carbonyl (C=O) groups is 1. The second kappa shape index (κ2) is 4.29. The van der Waals surface area contributed by atoms with Gasteiger partial charge in [-0.2, -0.15) is 5.26 Å². The van der Waals surface area contributed by atoms with Crippen molar-refractivity contribution in [3.63, 3.8) is 0 Å². The number of likely N-dealkylation sites (tertiary alicyclic amines) is 1. The van der Waals surface area contributed by atoms with Gasteiger partial charge in [0.15, 0.2) is 0 Å². The highest BCUT2D eigenvalue weighted by molar-refractivity contribution is 5.84. The Kier molecular flexibility index (Phi) is 2.65. The van der Waals surface area contributed by atoms with Crippen LogP contribution < -0.4 is 5.73 Å². The van der Waals surface area contributed by atoms with Gasteiger partial charge in [-0.25, -0.2) is 0 Å². The lowest BCUT2D eigenvalue weighted by atomic mass is 9.46. The van der Waals surface area contributed by atoms with Gasteiger partial charge < -0.3 is 15.7 Å². The first kappa shape index (κ1) is 14.2.